The Morgan fingerprint density at radius 1 is 1.29 bits per heavy atom. The van der Waals surface area contributed by atoms with Crippen LogP contribution in [0.1, 0.15) is 21.5 Å². The number of benzene rings is 2. The molecule has 0 radical (unpaired) electrons. The van der Waals surface area contributed by atoms with Crippen LogP contribution in [-0.2, 0) is 5.75 Å². The first-order valence-electron chi connectivity index (χ1n) is 6.44. The molecule has 0 aliphatic rings. The van der Waals surface area contributed by atoms with Gasteiger partial charge in [0.15, 0.2) is 5.58 Å². The molecule has 0 spiro atoms. The normalized spacial score (nSPS) is 10.9. The Hall–Kier alpha value is -2.27. The molecule has 106 valence electrons. The van der Waals surface area contributed by atoms with Crippen LogP contribution in [0.2, 0.25) is 0 Å². The van der Waals surface area contributed by atoms with Gasteiger partial charge in [0.05, 0.1) is 5.56 Å². The summed E-state index contributed by atoms with van der Waals surface area (Å²) in [5, 5.41) is 9.52. The van der Waals surface area contributed by atoms with Gasteiger partial charge in [-0.3, -0.25) is 0 Å². The molecule has 3 aromatic rings. The second-order valence-corrected chi connectivity index (χ2v) is 5.61. The van der Waals surface area contributed by atoms with E-state index in [0.717, 1.165) is 5.75 Å². The van der Waals surface area contributed by atoms with Gasteiger partial charge in [-0.25, -0.2) is 9.78 Å². The molecule has 3 rings (SSSR count). The highest BCUT2D eigenvalue weighted by molar-refractivity contribution is 7.98. The Labute approximate surface area is 125 Å². The molecular formula is C16H13NO3S. The third kappa shape index (κ3) is 2.92. The fourth-order valence-electron chi connectivity index (χ4n) is 2.01. The number of thioether (sulfide) groups is 1. The van der Waals surface area contributed by atoms with E-state index >= 15 is 0 Å². The highest BCUT2D eigenvalue weighted by atomic mass is 32.2. The minimum absolute atomic E-state index is 0.203. The maximum absolute atomic E-state index is 10.9. The Balaban J connectivity index is 1.82. The standard InChI is InChI=1S/C16H13NO3S/c1-10-4-2-3-5-12(10)9-21-16-17-13-7-6-11(15(18)19)8-14(13)20-16/h2-8H,9H2,1H3,(H,18,19). The number of hydrogen-bond acceptors (Lipinski definition) is 4. The number of aromatic carboxylic acids is 1. The lowest BCUT2D eigenvalue weighted by Gasteiger charge is -2.02. The fraction of sp³-hybridized carbons (Fsp3) is 0.125. The van der Waals surface area contributed by atoms with Gasteiger partial charge in [-0.2, -0.15) is 0 Å². The van der Waals surface area contributed by atoms with Crippen molar-refractivity contribution in [1.29, 1.82) is 0 Å². The maximum Gasteiger partial charge on any atom is 0.335 e. The number of fused-ring (bicyclic) bond motifs is 1. The molecule has 0 saturated carbocycles. The van der Waals surface area contributed by atoms with Gasteiger partial charge in [0.2, 0.25) is 0 Å². The van der Waals surface area contributed by atoms with Gasteiger partial charge in [-0.15, -0.1) is 0 Å². The molecule has 2 aromatic carbocycles. The van der Waals surface area contributed by atoms with Crippen molar-refractivity contribution in [3.63, 3.8) is 0 Å². The minimum Gasteiger partial charge on any atom is -0.478 e. The van der Waals surface area contributed by atoms with Crippen LogP contribution < -0.4 is 0 Å². The first-order valence-corrected chi connectivity index (χ1v) is 7.43. The van der Waals surface area contributed by atoms with E-state index in [4.69, 9.17) is 9.52 Å². The molecule has 0 atom stereocenters. The quantitative estimate of drug-likeness (QED) is 0.734. The second kappa shape index (κ2) is 5.61. The van der Waals surface area contributed by atoms with Crippen LogP contribution >= 0.6 is 11.8 Å². The zero-order valence-corrected chi connectivity index (χ0v) is 12.2. The Bertz CT molecular complexity index is 810. The summed E-state index contributed by atoms with van der Waals surface area (Å²) in [6.07, 6.45) is 0. The van der Waals surface area contributed by atoms with Gasteiger partial charge in [-0.05, 0) is 36.2 Å². The highest BCUT2D eigenvalue weighted by Gasteiger charge is 2.10. The molecule has 0 fully saturated rings. The zero-order chi connectivity index (χ0) is 14.8. The first kappa shape index (κ1) is 13.7. The van der Waals surface area contributed by atoms with E-state index in [1.165, 1.54) is 35.0 Å². The molecule has 0 aliphatic heterocycles. The predicted octanol–water partition coefficient (Wildman–Crippen LogP) is 4.13. The molecule has 5 heteroatoms. The summed E-state index contributed by atoms with van der Waals surface area (Å²) in [6.45, 7) is 2.07. The van der Waals surface area contributed by atoms with E-state index in [0.29, 0.717) is 16.3 Å². The summed E-state index contributed by atoms with van der Waals surface area (Å²) in [5.74, 6) is -0.201. The summed E-state index contributed by atoms with van der Waals surface area (Å²) >= 11 is 1.50. The molecule has 4 nitrogen and oxygen atoms in total. The van der Waals surface area contributed by atoms with E-state index in [1.54, 1.807) is 6.07 Å². The molecule has 1 heterocycles. The predicted molar refractivity (Wildman–Crippen MR) is 81.7 cm³/mol. The number of aryl methyl sites for hydroxylation is 1. The lowest BCUT2D eigenvalue weighted by atomic mass is 10.1. The number of carboxylic acid groups (broad SMARTS) is 1. The zero-order valence-electron chi connectivity index (χ0n) is 11.4. The minimum atomic E-state index is -0.970. The van der Waals surface area contributed by atoms with Crippen molar-refractivity contribution in [2.75, 3.05) is 0 Å². The van der Waals surface area contributed by atoms with Gasteiger partial charge in [0, 0.05) is 5.75 Å². The summed E-state index contributed by atoms with van der Waals surface area (Å²) in [5.41, 5.74) is 3.84. The van der Waals surface area contributed by atoms with E-state index in [1.807, 2.05) is 12.1 Å². The molecule has 1 aromatic heterocycles. The van der Waals surface area contributed by atoms with Crippen LogP contribution in [0.3, 0.4) is 0 Å². The van der Waals surface area contributed by atoms with Crippen molar-refractivity contribution >= 4 is 28.8 Å². The number of rotatable bonds is 4. The Kier molecular flexibility index (Phi) is 3.66. The molecule has 0 saturated heterocycles. The Morgan fingerprint density at radius 2 is 2.10 bits per heavy atom. The largest absolute Gasteiger partial charge is 0.478 e. The number of nitrogens with zero attached hydrogens (tertiary/aromatic N) is 1. The topological polar surface area (TPSA) is 63.3 Å². The molecule has 0 bridgehead atoms. The lowest BCUT2D eigenvalue weighted by molar-refractivity contribution is 0.0697. The number of carboxylic acids is 1. The van der Waals surface area contributed by atoms with Crippen LogP contribution in [0.5, 0.6) is 0 Å². The van der Waals surface area contributed by atoms with Crippen LogP contribution in [0.4, 0.5) is 0 Å². The van der Waals surface area contributed by atoms with E-state index in [9.17, 15) is 4.79 Å². The van der Waals surface area contributed by atoms with Crippen LogP contribution in [-0.4, -0.2) is 16.1 Å². The average Bonchev–Trinajstić information content (AvgIpc) is 2.88. The SMILES string of the molecule is Cc1ccccc1CSc1nc2ccc(C(=O)O)cc2o1. The third-order valence-electron chi connectivity index (χ3n) is 3.23. The highest BCUT2D eigenvalue weighted by Crippen LogP contribution is 2.27. The molecule has 1 N–H and O–H groups in total. The summed E-state index contributed by atoms with van der Waals surface area (Å²) in [4.78, 5) is 15.3. The molecule has 0 aliphatic carbocycles. The molecule has 0 amide bonds. The monoisotopic (exact) mass is 299 g/mol. The van der Waals surface area contributed by atoms with Crippen molar-refractivity contribution < 1.29 is 14.3 Å². The lowest BCUT2D eigenvalue weighted by Crippen LogP contribution is -1.94. The average molecular weight is 299 g/mol. The van der Waals surface area contributed by atoms with Gasteiger partial charge < -0.3 is 9.52 Å². The van der Waals surface area contributed by atoms with Gasteiger partial charge in [-0.1, -0.05) is 36.0 Å². The van der Waals surface area contributed by atoms with Crippen molar-refractivity contribution in [3.8, 4) is 0 Å². The number of aromatic nitrogens is 1. The number of oxazole rings is 1. The molecule has 21 heavy (non-hydrogen) atoms. The van der Waals surface area contributed by atoms with Crippen molar-refractivity contribution in [1.82, 2.24) is 4.98 Å². The van der Waals surface area contributed by atoms with Crippen molar-refractivity contribution in [3.05, 3.63) is 59.2 Å². The van der Waals surface area contributed by atoms with Crippen molar-refractivity contribution in [2.45, 2.75) is 17.9 Å². The Morgan fingerprint density at radius 3 is 2.86 bits per heavy atom. The van der Waals surface area contributed by atoms with E-state index < -0.39 is 5.97 Å². The molecular weight excluding hydrogens is 286 g/mol. The second-order valence-electron chi connectivity index (χ2n) is 4.68. The maximum atomic E-state index is 10.9. The van der Waals surface area contributed by atoms with Crippen LogP contribution in [0.15, 0.2) is 52.1 Å². The van der Waals surface area contributed by atoms with E-state index in [2.05, 4.69) is 24.0 Å². The van der Waals surface area contributed by atoms with E-state index in [-0.39, 0.29) is 5.56 Å². The fourth-order valence-corrected chi connectivity index (χ4v) is 2.92. The van der Waals surface area contributed by atoms with Crippen LogP contribution in [0.25, 0.3) is 11.1 Å². The number of hydrogen-bond donors (Lipinski definition) is 1. The molecule has 0 unspecified atom stereocenters. The summed E-state index contributed by atoms with van der Waals surface area (Å²) in [6, 6.07) is 12.9. The number of carbonyl (C=O) groups is 1. The van der Waals surface area contributed by atoms with Gasteiger partial charge >= 0.3 is 5.97 Å². The summed E-state index contributed by atoms with van der Waals surface area (Å²) in [7, 11) is 0. The van der Waals surface area contributed by atoms with Gasteiger partial charge in [0.25, 0.3) is 5.22 Å². The first-order chi connectivity index (χ1) is 10.1. The smallest absolute Gasteiger partial charge is 0.335 e. The van der Waals surface area contributed by atoms with Crippen molar-refractivity contribution in [2.24, 2.45) is 0 Å². The van der Waals surface area contributed by atoms with Crippen LogP contribution in [0, 0.1) is 6.92 Å². The summed E-state index contributed by atoms with van der Waals surface area (Å²) < 4.78 is 5.61. The third-order valence-corrected chi connectivity index (χ3v) is 4.11. The van der Waals surface area contributed by atoms with Gasteiger partial charge in [0.1, 0.15) is 5.52 Å².